The first kappa shape index (κ1) is 8.88. The summed E-state index contributed by atoms with van der Waals surface area (Å²) in [5, 5.41) is 0. The van der Waals surface area contributed by atoms with Gasteiger partial charge in [-0.05, 0) is 0 Å². The molecule has 0 amide bonds. The summed E-state index contributed by atoms with van der Waals surface area (Å²) in [7, 11) is 6.36. The molecule has 0 aromatic rings. The lowest BCUT2D eigenvalue weighted by atomic mass is 10.7. The molecule has 0 heterocycles. The molecule has 0 aromatic heterocycles. The lowest BCUT2D eigenvalue weighted by molar-refractivity contribution is 0.0531. The molecule has 3 heteroatoms. The average Bonchev–Trinajstić information content (AvgIpc) is 1.89. The maximum absolute atomic E-state index is 4.98. The van der Waals surface area contributed by atoms with E-state index >= 15 is 0 Å². The third-order valence-electron chi connectivity index (χ3n) is 0.744. The summed E-state index contributed by atoms with van der Waals surface area (Å²) in [4.78, 5) is 0. The summed E-state index contributed by atoms with van der Waals surface area (Å²) >= 11 is 0. The monoisotopic (exact) mass is 132 g/mol. The van der Waals surface area contributed by atoms with E-state index < -0.39 is 0 Å². The Kier molecular flexibility index (Phi) is 7.77. The van der Waals surface area contributed by atoms with E-state index in [1.807, 2.05) is 0 Å². The molecule has 0 saturated carbocycles. The fraction of sp³-hybridized carbons (Fsp3) is 0.667. The van der Waals surface area contributed by atoms with Crippen LogP contribution in [-0.4, -0.2) is 26.4 Å². The number of rotatable bonds is 6. The van der Waals surface area contributed by atoms with E-state index in [2.05, 4.69) is 23.7 Å². The molecule has 0 rings (SSSR count). The molecule has 0 aliphatic carbocycles. The number of ether oxygens (including phenoxy) is 3. The van der Waals surface area contributed by atoms with E-state index in [9.17, 15) is 0 Å². The van der Waals surface area contributed by atoms with E-state index in [1.165, 1.54) is 0 Å². The quantitative estimate of drug-likeness (QED) is 0.496. The van der Waals surface area contributed by atoms with Gasteiger partial charge in [-0.25, -0.2) is 0 Å². The van der Waals surface area contributed by atoms with E-state index in [4.69, 9.17) is 4.74 Å². The van der Waals surface area contributed by atoms with Gasteiger partial charge < -0.3 is 14.2 Å². The molecule has 0 aliphatic heterocycles. The van der Waals surface area contributed by atoms with Gasteiger partial charge in [0, 0.05) is 0 Å². The Hall–Kier alpha value is -0.120. The third-order valence-corrected chi connectivity index (χ3v) is 0.744. The maximum Gasteiger partial charge on any atom is 0.0701 e. The highest BCUT2D eigenvalue weighted by atomic mass is 16.5. The van der Waals surface area contributed by atoms with Gasteiger partial charge in [0.1, 0.15) is 0 Å². The van der Waals surface area contributed by atoms with E-state index in [-0.39, 0.29) is 0 Å². The zero-order valence-corrected chi connectivity index (χ0v) is 5.47. The molecule has 0 bridgehead atoms. The highest BCUT2D eigenvalue weighted by Crippen LogP contribution is 1.76. The second-order valence-corrected chi connectivity index (χ2v) is 1.43. The smallest absolute Gasteiger partial charge is 0.0701 e. The van der Waals surface area contributed by atoms with E-state index in [0.717, 1.165) is 0 Å². The summed E-state index contributed by atoms with van der Waals surface area (Å²) in [6.45, 7) is 2.17. The van der Waals surface area contributed by atoms with Crippen molar-refractivity contribution in [3.63, 3.8) is 0 Å². The zero-order valence-electron chi connectivity index (χ0n) is 5.47. The standard InChI is InChI=1S/C6H12O3/c1-7-3-5-9-6-4-8-2/h1-6H2. The normalized spacial score (nSPS) is 10.0. The van der Waals surface area contributed by atoms with Crippen LogP contribution in [0.15, 0.2) is 0 Å². The molecule has 0 aliphatic rings. The largest absolute Gasteiger partial charge is 0.377 e. The molecular weight excluding hydrogens is 120 g/mol. The first-order chi connectivity index (χ1) is 4.41. The minimum atomic E-state index is 0.525. The molecule has 54 valence electrons. The van der Waals surface area contributed by atoms with E-state index in [1.54, 1.807) is 0 Å². The Morgan fingerprint density at radius 1 is 0.778 bits per heavy atom. The lowest BCUT2D eigenvalue weighted by Gasteiger charge is -2.00. The molecule has 0 N–H and O–H groups in total. The van der Waals surface area contributed by atoms with Crippen molar-refractivity contribution in [2.45, 2.75) is 0 Å². The van der Waals surface area contributed by atoms with Crippen LogP contribution in [0, 0.1) is 14.2 Å². The Morgan fingerprint density at radius 3 is 1.56 bits per heavy atom. The van der Waals surface area contributed by atoms with Gasteiger partial charge in [-0.15, -0.1) is 0 Å². The molecule has 3 nitrogen and oxygen atoms in total. The molecule has 2 radical (unpaired) electrons. The lowest BCUT2D eigenvalue weighted by Crippen LogP contribution is -2.05. The van der Waals surface area contributed by atoms with Crippen LogP contribution in [-0.2, 0) is 14.2 Å². The minimum Gasteiger partial charge on any atom is -0.377 e. The number of hydrogen-bond acceptors (Lipinski definition) is 3. The van der Waals surface area contributed by atoms with Gasteiger partial charge in [0.2, 0.25) is 0 Å². The summed E-state index contributed by atoms with van der Waals surface area (Å²) in [5.41, 5.74) is 0. The summed E-state index contributed by atoms with van der Waals surface area (Å²) in [6, 6.07) is 0. The fourth-order valence-electron chi connectivity index (χ4n) is 0.338. The number of hydrogen-bond donors (Lipinski definition) is 0. The highest BCUT2D eigenvalue weighted by Gasteiger charge is 1.84. The first-order valence-corrected chi connectivity index (χ1v) is 2.73. The van der Waals surface area contributed by atoms with Crippen molar-refractivity contribution in [3.8, 4) is 0 Å². The second-order valence-electron chi connectivity index (χ2n) is 1.43. The van der Waals surface area contributed by atoms with Crippen molar-refractivity contribution in [2.75, 3.05) is 26.4 Å². The van der Waals surface area contributed by atoms with Gasteiger partial charge in [-0.3, -0.25) is 0 Å². The SMILES string of the molecule is [CH2]OCCOCCO[CH2]. The van der Waals surface area contributed by atoms with Crippen molar-refractivity contribution in [2.24, 2.45) is 0 Å². The first-order valence-electron chi connectivity index (χ1n) is 2.73. The summed E-state index contributed by atoms with van der Waals surface area (Å²) < 4.78 is 14.0. The van der Waals surface area contributed by atoms with Gasteiger partial charge in [0.15, 0.2) is 0 Å². The van der Waals surface area contributed by atoms with Crippen molar-refractivity contribution >= 4 is 0 Å². The average molecular weight is 132 g/mol. The van der Waals surface area contributed by atoms with Crippen LogP contribution < -0.4 is 0 Å². The van der Waals surface area contributed by atoms with Gasteiger partial charge in [0.25, 0.3) is 0 Å². The van der Waals surface area contributed by atoms with Gasteiger partial charge >= 0.3 is 0 Å². The highest BCUT2D eigenvalue weighted by molar-refractivity contribution is 4.30. The topological polar surface area (TPSA) is 27.7 Å². The van der Waals surface area contributed by atoms with Crippen molar-refractivity contribution < 1.29 is 14.2 Å². The van der Waals surface area contributed by atoms with Crippen LogP contribution in [0.3, 0.4) is 0 Å². The van der Waals surface area contributed by atoms with Gasteiger partial charge in [-0.2, -0.15) is 0 Å². The second kappa shape index (κ2) is 7.88. The summed E-state index contributed by atoms with van der Waals surface area (Å²) in [5.74, 6) is 0. The predicted octanol–water partition coefficient (Wildman–Crippen LogP) is 0.619. The Labute approximate surface area is 55.9 Å². The van der Waals surface area contributed by atoms with Crippen molar-refractivity contribution in [1.82, 2.24) is 0 Å². The molecule has 0 saturated heterocycles. The van der Waals surface area contributed by atoms with Crippen LogP contribution in [0.5, 0.6) is 0 Å². The molecule has 0 atom stereocenters. The van der Waals surface area contributed by atoms with Crippen LogP contribution in [0.4, 0.5) is 0 Å². The predicted molar refractivity (Wildman–Crippen MR) is 33.4 cm³/mol. The van der Waals surface area contributed by atoms with Gasteiger partial charge in [0.05, 0.1) is 40.6 Å². The molecule has 0 spiro atoms. The molecule has 9 heavy (non-hydrogen) atoms. The zero-order chi connectivity index (χ0) is 6.95. The molecule has 0 aromatic carbocycles. The van der Waals surface area contributed by atoms with Crippen molar-refractivity contribution in [3.05, 3.63) is 14.2 Å². The van der Waals surface area contributed by atoms with Crippen LogP contribution >= 0.6 is 0 Å². The Bertz CT molecular complexity index is 41.6. The molecule has 0 unspecified atom stereocenters. The Balaban J connectivity index is 2.60. The minimum absolute atomic E-state index is 0.525. The fourth-order valence-corrected chi connectivity index (χ4v) is 0.338. The van der Waals surface area contributed by atoms with Crippen LogP contribution in [0.25, 0.3) is 0 Å². The van der Waals surface area contributed by atoms with Crippen LogP contribution in [0.1, 0.15) is 0 Å². The van der Waals surface area contributed by atoms with E-state index in [0.29, 0.717) is 26.4 Å². The third kappa shape index (κ3) is 7.88. The summed E-state index contributed by atoms with van der Waals surface area (Å²) in [6.07, 6.45) is 0. The maximum atomic E-state index is 4.98. The Morgan fingerprint density at radius 2 is 1.22 bits per heavy atom. The van der Waals surface area contributed by atoms with Crippen molar-refractivity contribution in [1.29, 1.82) is 0 Å². The molecule has 0 fully saturated rings. The molecular formula is C6H12O3. The van der Waals surface area contributed by atoms with Gasteiger partial charge in [-0.1, -0.05) is 0 Å². The van der Waals surface area contributed by atoms with Crippen LogP contribution in [0.2, 0.25) is 0 Å².